The third-order valence-corrected chi connectivity index (χ3v) is 5.07. The van der Waals surface area contributed by atoms with Gasteiger partial charge in [0.05, 0.1) is 5.69 Å². The summed E-state index contributed by atoms with van der Waals surface area (Å²) in [6.07, 6.45) is 3.22. The summed E-state index contributed by atoms with van der Waals surface area (Å²) in [6, 6.07) is 18.8. The highest BCUT2D eigenvalue weighted by molar-refractivity contribution is 5.87. The second-order valence-electron chi connectivity index (χ2n) is 6.46. The molecule has 23 heavy (non-hydrogen) atoms. The Balaban J connectivity index is 1.94. The minimum absolute atomic E-state index is 0.0470. The van der Waals surface area contributed by atoms with Crippen LogP contribution in [0.4, 0.5) is 5.69 Å². The molecule has 1 unspecified atom stereocenters. The third kappa shape index (κ3) is 3.17. The van der Waals surface area contributed by atoms with Crippen molar-refractivity contribution in [1.29, 1.82) is 0 Å². The Labute approximate surface area is 139 Å². The van der Waals surface area contributed by atoms with E-state index in [4.69, 9.17) is 9.73 Å². The van der Waals surface area contributed by atoms with Crippen LogP contribution in [-0.4, -0.2) is 5.90 Å². The Bertz CT molecular complexity index is 669. The number of aliphatic imine (C=N–C) groups is 1. The molecule has 0 bridgehead atoms. The minimum atomic E-state index is 0.0470. The Hall–Kier alpha value is -2.09. The first kappa shape index (κ1) is 15.8. The number of rotatable bonds is 4. The van der Waals surface area contributed by atoms with E-state index in [1.807, 2.05) is 30.3 Å². The molecule has 0 saturated carbocycles. The molecule has 3 rings (SSSR count). The minimum Gasteiger partial charge on any atom is -0.472 e. The first-order valence-electron chi connectivity index (χ1n) is 8.54. The molecule has 0 aliphatic carbocycles. The largest absolute Gasteiger partial charge is 0.472 e. The molecule has 1 aliphatic rings. The predicted octanol–water partition coefficient (Wildman–Crippen LogP) is 5.99. The molecule has 0 amide bonds. The van der Waals surface area contributed by atoms with Gasteiger partial charge in [0.25, 0.3) is 0 Å². The Morgan fingerprint density at radius 3 is 2.26 bits per heavy atom. The highest BCUT2D eigenvalue weighted by atomic mass is 16.5. The maximum atomic E-state index is 6.34. The summed E-state index contributed by atoms with van der Waals surface area (Å²) in [5.74, 6) is 0.902. The molecular weight excluding hydrogens is 282 g/mol. The van der Waals surface area contributed by atoms with Crippen LogP contribution in [0.2, 0.25) is 0 Å². The molecule has 1 saturated heterocycles. The van der Waals surface area contributed by atoms with E-state index >= 15 is 0 Å². The van der Waals surface area contributed by atoms with Gasteiger partial charge in [0.1, 0.15) is 6.10 Å². The lowest BCUT2D eigenvalue weighted by atomic mass is 9.78. The van der Waals surface area contributed by atoms with Gasteiger partial charge in [-0.3, -0.25) is 0 Å². The molecule has 0 aromatic heterocycles. The zero-order chi connectivity index (χ0) is 16.3. The van der Waals surface area contributed by atoms with Gasteiger partial charge >= 0.3 is 0 Å². The smallest absolute Gasteiger partial charge is 0.195 e. The lowest BCUT2D eigenvalue weighted by Crippen LogP contribution is -2.24. The summed E-state index contributed by atoms with van der Waals surface area (Å²) < 4.78 is 6.34. The molecule has 0 spiro atoms. The van der Waals surface area contributed by atoms with Crippen molar-refractivity contribution in [3.05, 3.63) is 65.7 Å². The third-order valence-electron chi connectivity index (χ3n) is 5.07. The van der Waals surface area contributed by atoms with E-state index in [1.54, 1.807) is 0 Å². The molecule has 1 atom stereocenters. The first-order valence-corrected chi connectivity index (χ1v) is 8.54. The molecule has 1 fully saturated rings. The molecule has 2 nitrogen and oxygen atoms in total. The van der Waals surface area contributed by atoms with E-state index in [1.165, 1.54) is 11.1 Å². The lowest BCUT2D eigenvalue weighted by molar-refractivity contribution is 0.219. The van der Waals surface area contributed by atoms with Gasteiger partial charge in [0, 0.05) is 11.8 Å². The van der Waals surface area contributed by atoms with Gasteiger partial charge in [-0.05, 0) is 37.5 Å². The average molecular weight is 307 g/mol. The summed E-state index contributed by atoms with van der Waals surface area (Å²) in [7, 11) is 0. The molecule has 2 aromatic carbocycles. The number of ether oxygens (including phenoxy) is 1. The number of aryl methyl sites for hydroxylation is 1. The fourth-order valence-corrected chi connectivity index (χ4v) is 3.32. The van der Waals surface area contributed by atoms with Crippen molar-refractivity contribution in [2.75, 3.05) is 0 Å². The molecule has 120 valence electrons. The van der Waals surface area contributed by atoms with Crippen LogP contribution in [0.1, 0.15) is 50.3 Å². The van der Waals surface area contributed by atoms with Crippen molar-refractivity contribution in [3.63, 3.8) is 0 Å². The quantitative estimate of drug-likeness (QED) is 0.679. The standard InChI is InChI=1S/C21H25NO/c1-4-21(5-2)15-19(17-13-11-16(3)12-14-17)23-20(21)22-18-9-7-6-8-10-18/h6-14,19H,4-5,15H2,1-3H3. The van der Waals surface area contributed by atoms with Crippen LogP contribution in [0.5, 0.6) is 0 Å². The van der Waals surface area contributed by atoms with Crippen molar-refractivity contribution in [2.45, 2.75) is 46.1 Å². The number of nitrogens with zero attached hydrogens (tertiary/aromatic N) is 1. The van der Waals surface area contributed by atoms with Crippen molar-refractivity contribution < 1.29 is 4.74 Å². The fraction of sp³-hybridized carbons (Fsp3) is 0.381. The Morgan fingerprint density at radius 2 is 1.65 bits per heavy atom. The lowest BCUT2D eigenvalue weighted by Gasteiger charge is -2.23. The van der Waals surface area contributed by atoms with Crippen molar-refractivity contribution >= 4 is 11.6 Å². The summed E-state index contributed by atoms with van der Waals surface area (Å²) in [4.78, 5) is 4.84. The van der Waals surface area contributed by atoms with Crippen LogP contribution >= 0.6 is 0 Å². The number of hydrogen-bond donors (Lipinski definition) is 0. The van der Waals surface area contributed by atoms with E-state index in [9.17, 15) is 0 Å². The van der Waals surface area contributed by atoms with Gasteiger partial charge in [-0.25, -0.2) is 4.99 Å². The zero-order valence-electron chi connectivity index (χ0n) is 14.3. The summed E-state index contributed by atoms with van der Waals surface area (Å²) in [5.41, 5.74) is 3.55. The van der Waals surface area contributed by atoms with Gasteiger partial charge in [0.2, 0.25) is 0 Å². The van der Waals surface area contributed by atoms with Crippen LogP contribution in [0, 0.1) is 12.3 Å². The first-order chi connectivity index (χ1) is 11.2. The zero-order valence-corrected chi connectivity index (χ0v) is 14.3. The van der Waals surface area contributed by atoms with Crippen molar-refractivity contribution in [3.8, 4) is 0 Å². The normalized spacial score (nSPS) is 21.3. The van der Waals surface area contributed by atoms with E-state index in [-0.39, 0.29) is 11.5 Å². The van der Waals surface area contributed by atoms with Crippen LogP contribution in [0.25, 0.3) is 0 Å². The van der Waals surface area contributed by atoms with E-state index in [0.717, 1.165) is 30.8 Å². The fourth-order valence-electron chi connectivity index (χ4n) is 3.32. The van der Waals surface area contributed by atoms with Gasteiger partial charge in [-0.2, -0.15) is 0 Å². The molecule has 0 N–H and O–H groups in total. The molecule has 1 heterocycles. The molecule has 0 radical (unpaired) electrons. The van der Waals surface area contributed by atoms with E-state index < -0.39 is 0 Å². The van der Waals surface area contributed by atoms with Gasteiger partial charge in [-0.1, -0.05) is 61.9 Å². The highest BCUT2D eigenvalue weighted by Gasteiger charge is 2.44. The predicted molar refractivity (Wildman–Crippen MR) is 96.2 cm³/mol. The topological polar surface area (TPSA) is 21.6 Å². The van der Waals surface area contributed by atoms with Crippen LogP contribution < -0.4 is 0 Å². The highest BCUT2D eigenvalue weighted by Crippen LogP contribution is 2.47. The summed E-state index contributed by atoms with van der Waals surface area (Å²) >= 11 is 0. The maximum absolute atomic E-state index is 6.34. The van der Waals surface area contributed by atoms with Gasteiger partial charge < -0.3 is 4.74 Å². The van der Waals surface area contributed by atoms with E-state index in [0.29, 0.717) is 0 Å². The monoisotopic (exact) mass is 307 g/mol. The molecule has 2 aromatic rings. The van der Waals surface area contributed by atoms with Gasteiger partial charge in [0.15, 0.2) is 5.90 Å². The number of benzene rings is 2. The molecule has 1 aliphatic heterocycles. The van der Waals surface area contributed by atoms with Gasteiger partial charge in [-0.15, -0.1) is 0 Å². The maximum Gasteiger partial charge on any atom is 0.195 e. The van der Waals surface area contributed by atoms with Crippen LogP contribution in [0.3, 0.4) is 0 Å². The van der Waals surface area contributed by atoms with Crippen LogP contribution in [0.15, 0.2) is 59.6 Å². The average Bonchev–Trinajstić information content (AvgIpc) is 2.95. The van der Waals surface area contributed by atoms with Crippen molar-refractivity contribution in [1.82, 2.24) is 0 Å². The van der Waals surface area contributed by atoms with Crippen molar-refractivity contribution in [2.24, 2.45) is 10.4 Å². The van der Waals surface area contributed by atoms with E-state index in [2.05, 4.69) is 45.0 Å². The molecular formula is C21H25NO. The Morgan fingerprint density at radius 1 is 1.00 bits per heavy atom. The second kappa shape index (κ2) is 6.57. The number of para-hydroxylation sites is 1. The second-order valence-corrected chi connectivity index (χ2v) is 6.46. The number of hydrogen-bond acceptors (Lipinski definition) is 2. The SMILES string of the molecule is CCC1(CC)CC(c2ccc(C)cc2)OC1=Nc1ccccc1. The van der Waals surface area contributed by atoms with Crippen LogP contribution in [-0.2, 0) is 4.74 Å². The summed E-state index contributed by atoms with van der Waals surface area (Å²) in [6.45, 7) is 6.60. The Kier molecular flexibility index (Phi) is 4.51. The molecule has 2 heteroatoms. The summed E-state index contributed by atoms with van der Waals surface area (Å²) in [5, 5.41) is 0.